The number of rotatable bonds is 2. The molecule has 0 radical (unpaired) electrons. The summed E-state index contributed by atoms with van der Waals surface area (Å²) in [5.74, 6) is 0. The Bertz CT molecular complexity index is 418. The molecular weight excluding hydrogens is 225 g/mol. The van der Waals surface area contributed by atoms with E-state index < -0.39 is 28.4 Å². The summed E-state index contributed by atoms with van der Waals surface area (Å²) in [7, 11) is 0. The van der Waals surface area contributed by atoms with Gasteiger partial charge in [-0.3, -0.25) is 10.1 Å². The Balaban J connectivity index is 3.34. The van der Waals surface area contributed by atoms with E-state index >= 15 is 0 Å². The second kappa shape index (κ2) is 4.09. The molecule has 4 nitrogen and oxygen atoms in total. The van der Waals surface area contributed by atoms with E-state index in [0.29, 0.717) is 0 Å². The Labute approximate surface area is 89.0 Å². The maximum Gasteiger partial charge on any atom is 0.407 e. The van der Waals surface area contributed by atoms with Crippen LogP contribution in [0.25, 0.3) is 0 Å². The summed E-state index contributed by atoms with van der Waals surface area (Å²) in [5.41, 5.74) is 4.01. The summed E-state index contributed by atoms with van der Waals surface area (Å²) in [6, 6.07) is 1.35. The lowest BCUT2D eigenvalue weighted by Crippen LogP contribution is -2.29. The van der Waals surface area contributed by atoms with Crippen molar-refractivity contribution < 1.29 is 18.1 Å². The Morgan fingerprint density at radius 1 is 1.44 bits per heavy atom. The standard InChI is InChI=1S/C9H9F3N2O2/c1-5-3-2-4-6(7(5)14(15)16)8(13)9(10,11)12/h2-4,8H,13H2,1H3. The predicted octanol–water partition coefficient (Wildman–Crippen LogP) is 2.47. The minimum Gasteiger partial charge on any atom is -0.316 e. The molecule has 16 heavy (non-hydrogen) atoms. The first-order valence-electron chi connectivity index (χ1n) is 4.31. The third-order valence-corrected chi connectivity index (χ3v) is 2.14. The first kappa shape index (κ1) is 12.4. The predicted molar refractivity (Wildman–Crippen MR) is 50.8 cm³/mol. The van der Waals surface area contributed by atoms with Crippen molar-refractivity contribution in [3.63, 3.8) is 0 Å². The smallest absolute Gasteiger partial charge is 0.316 e. The van der Waals surface area contributed by atoms with Crippen LogP contribution in [0, 0.1) is 17.0 Å². The first-order chi connectivity index (χ1) is 7.25. The highest BCUT2D eigenvalue weighted by Gasteiger charge is 2.41. The highest BCUT2D eigenvalue weighted by atomic mass is 19.4. The van der Waals surface area contributed by atoms with Gasteiger partial charge in [0.25, 0.3) is 5.69 Å². The molecule has 1 aromatic carbocycles. The summed E-state index contributed by atoms with van der Waals surface area (Å²) in [5, 5.41) is 10.7. The quantitative estimate of drug-likeness (QED) is 0.631. The van der Waals surface area contributed by atoms with Crippen LogP contribution in [-0.4, -0.2) is 11.1 Å². The van der Waals surface area contributed by atoms with Gasteiger partial charge in [-0.2, -0.15) is 13.2 Å². The number of alkyl halides is 3. The fraction of sp³-hybridized carbons (Fsp3) is 0.333. The molecule has 0 spiro atoms. The monoisotopic (exact) mass is 234 g/mol. The number of para-hydroxylation sites is 1. The Hall–Kier alpha value is -1.63. The summed E-state index contributed by atoms with van der Waals surface area (Å²) in [4.78, 5) is 9.81. The highest BCUT2D eigenvalue weighted by Crippen LogP contribution is 2.36. The molecule has 0 amide bonds. The van der Waals surface area contributed by atoms with Crippen LogP contribution in [0.1, 0.15) is 17.2 Å². The molecule has 1 rings (SSSR count). The molecule has 0 aliphatic carbocycles. The average Bonchev–Trinajstić information content (AvgIpc) is 2.14. The summed E-state index contributed by atoms with van der Waals surface area (Å²) >= 11 is 0. The van der Waals surface area contributed by atoms with E-state index in [-0.39, 0.29) is 5.56 Å². The summed E-state index contributed by atoms with van der Waals surface area (Å²) in [6.45, 7) is 1.37. The van der Waals surface area contributed by atoms with E-state index in [2.05, 4.69) is 0 Å². The molecule has 1 aromatic rings. The van der Waals surface area contributed by atoms with Crippen molar-refractivity contribution in [3.05, 3.63) is 39.4 Å². The highest BCUT2D eigenvalue weighted by molar-refractivity contribution is 5.49. The van der Waals surface area contributed by atoms with Gasteiger partial charge in [0.2, 0.25) is 0 Å². The molecule has 0 heterocycles. The van der Waals surface area contributed by atoms with Crippen LogP contribution in [0.15, 0.2) is 18.2 Å². The van der Waals surface area contributed by atoms with Crippen LogP contribution < -0.4 is 5.73 Å². The van der Waals surface area contributed by atoms with Crippen molar-refractivity contribution in [2.75, 3.05) is 0 Å². The second-order valence-electron chi connectivity index (χ2n) is 3.29. The van der Waals surface area contributed by atoms with Crippen LogP contribution in [-0.2, 0) is 0 Å². The van der Waals surface area contributed by atoms with Crippen molar-refractivity contribution in [2.45, 2.75) is 19.1 Å². The second-order valence-corrected chi connectivity index (χ2v) is 3.29. The minimum absolute atomic E-state index is 0.155. The van der Waals surface area contributed by atoms with Crippen molar-refractivity contribution in [3.8, 4) is 0 Å². The number of aryl methyl sites for hydroxylation is 1. The fourth-order valence-electron chi connectivity index (χ4n) is 1.36. The SMILES string of the molecule is Cc1cccc(C(N)C(F)(F)F)c1[N+](=O)[O-]. The Kier molecular flexibility index (Phi) is 3.18. The Morgan fingerprint density at radius 3 is 2.44 bits per heavy atom. The molecular formula is C9H9F3N2O2. The van der Waals surface area contributed by atoms with Crippen LogP contribution in [0.5, 0.6) is 0 Å². The molecule has 0 aliphatic rings. The fourth-order valence-corrected chi connectivity index (χ4v) is 1.36. The molecule has 0 aliphatic heterocycles. The third-order valence-electron chi connectivity index (χ3n) is 2.14. The number of nitro groups is 1. The lowest BCUT2D eigenvalue weighted by atomic mass is 10.0. The van der Waals surface area contributed by atoms with Gasteiger partial charge in [0, 0.05) is 5.56 Å². The van der Waals surface area contributed by atoms with Crippen LogP contribution >= 0.6 is 0 Å². The molecule has 0 fully saturated rings. The summed E-state index contributed by atoms with van der Waals surface area (Å²) in [6.07, 6.45) is -4.70. The summed E-state index contributed by atoms with van der Waals surface area (Å²) < 4.78 is 37.1. The number of hydrogen-bond acceptors (Lipinski definition) is 3. The Morgan fingerprint density at radius 2 is 2.00 bits per heavy atom. The average molecular weight is 234 g/mol. The molecule has 1 atom stereocenters. The van der Waals surface area contributed by atoms with E-state index in [9.17, 15) is 23.3 Å². The number of nitrogens with zero attached hydrogens (tertiary/aromatic N) is 1. The maximum absolute atomic E-state index is 12.4. The van der Waals surface area contributed by atoms with Gasteiger partial charge in [0.1, 0.15) is 6.04 Å². The third kappa shape index (κ3) is 2.30. The van der Waals surface area contributed by atoms with Gasteiger partial charge in [-0.1, -0.05) is 18.2 Å². The van der Waals surface area contributed by atoms with Gasteiger partial charge in [-0.15, -0.1) is 0 Å². The van der Waals surface area contributed by atoms with Crippen molar-refractivity contribution in [1.29, 1.82) is 0 Å². The molecule has 1 unspecified atom stereocenters. The largest absolute Gasteiger partial charge is 0.407 e. The van der Waals surface area contributed by atoms with Gasteiger partial charge in [0.05, 0.1) is 10.5 Å². The zero-order chi connectivity index (χ0) is 12.5. The van der Waals surface area contributed by atoms with Gasteiger partial charge < -0.3 is 5.73 Å². The van der Waals surface area contributed by atoms with Crippen LogP contribution in [0.2, 0.25) is 0 Å². The molecule has 88 valence electrons. The number of halogens is 3. The van der Waals surface area contributed by atoms with Crippen LogP contribution in [0.3, 0.4) is 0 Å². The molecule has 0 bridgehead atoms. The lowest BCUT2D eigenvalue weighted by Gasteiger charge is -2.16. The van der Waals surface area contributed by atoms with E-state index in [1.165, 1.54) is 19.1 Å². The minimum atomic E-state index is -4.70. The maximum atomic E-state index is 12.4. The lowest BCUT2D eigenvalue weighted by molar-refractivity contribution is -0.386. The van der Waals surface area contributed by atoms with Crippen molar-refractivity contribution >= 4 is 5.69 Å². The normalized spacial score (nSPS) is 13.6. The van der Waals surface area contributed by atoms with Gasteiger partial charge >= 0.3 is 6.18 Å². The first-order valence-corrected chi connectivity index (χ1v) is 4.31. The molecule has 2 N–H and O–H groups in total. The van der Waals surface area contributed by atoms with Crippen molar-refractivity contribution in [1.82, 2.24) is 0 Å². The van der Waals surface area contributed by atoms with E-state index in [4.69, 9.17) is 5.73 Å². The molecule has 0 aromatic heterocycles. The van der Waals surface area contributed by atoms with Gasteiger partial charge in [-0.05, 0) is 6.92 Å². The topological polar surface area (TPSA) is 69.2 Å². The van der Waals surface area contributed by atoms with Gasteiger partial charge in [-0.25, -0.2) is 0 Å². The number of nitrogens with two attached hydrogens (primary N) is 1. The van der Waals surface area contributed by atoms with E-state index in [0.717, 1.165) is 6.07 Å². The molecule has 0 saturated carbocycles. The zero-order valence-corrected chi connectivity index (χ0v) is 8.28. The van der Waals surface area contributed by atoms with Crippen molar-refractivity contribution in [2.24, 2.45) is 5.73 Å². The van der Waals surface area contributed by atoms with Crippen LogP contribution in [0.4, 0.5) is 18.9 Å². The molecule has 7 heteroatoms. The number of nitro benzene ring substituents is 1. The molecule has 0 saturated heterocycles. The zero-order valence-electron chi connectivity index (χ0n) is 8.28. The van der Waals surface area contributed by atoms with E-state index in [1.807, 2.05) is 0 Å². The van der Waals surface area contributed by atoms with E-state index in [1.54, 1.807) is 0 Å². The van der Waals surface area contributed by atoms with Gasteiger partial charge in [0.15, 0.2) is 0 Å². The number of hydrogen-bond donors (Lipinski definition) is 1. The number of benzene rings is 1.